The Morgan fingerprint density at radius 2 is 1.74 bits per heavy atom. The molecule has 0 aromatic heterocycles. The van der Waals surface area contributed by atoms with Crippen LogP contribution in [0.4, 0.5) is 0 Å². The Morgan fingerprint density at radius 3 is 2.32 bits per heavy atom. The minimum atomic E-state index is 0.302. The van der Waals surface area contributed by atoms with Crippen molar-refractivity contribution < 1.29 is 0 Å². The molecule has 0 radical (unpaired) electrons. The minimum Gasteiger partial charge on any atom is -0.329 e. The summed E-state index contributed by atoms with van der Waals surface area (Å²) in [6.07, 6.45) is 12.8. The van der Waals surface area contributed by atoms with Crippen molar-refractivity contribution in [1.82, 2.24) is 4.90 Å². The Morgan fingerprint density at radius 1 is 1.00 bits per heavy atom. The molecule has 0 amide bonds. The molecule has 3 rings (SSSR count). The van der Waals surface area contributed by atoms with Crippen LogP contribution in [0, 0.1) is 11.3 Å². The van der Waals surface area contributed by atoms with Gasteiger partial charge in [-0.25, -0.2) is 0 Å². The average Bonchev–Trinajstić information content (AvgIpc) is 3.05. The van der Waals surface area contributed by atoms with Crippen LogP contribution in [0.3, 0.4) is 0 Å². The van der Waals surface area contributed by atoms with E-state index in [4.69, 9.17) is 5.73 Å². The van der Waals surface area contributed by atoms with Crippen molar-refractivity contribution in [3.05, 3.63) is 0 Å². The third-order valence-corrected chi connectivity index (χ3v) is 6.78. The first-order valence-electron chi connectivity index (χ1n) is 8.58. The molecule has 2 heteroatoms. The number of rotatable bonds is 3. The molecule has 3 aliphatic rings. The van der Waals surface area contributed by atoms with Crippen molar-refractivity contribution in [2.45, 2.75) is 83.2 Å². The Balaban J connectivity index is 1.85. The van der Waals surface area contributed by atoms with E-state index >= 15 is 0 Å². The summed E-state index contributed by atoms with van der Waals surface area (Å²) in [5.74, 6) is 0.974. The Kier molecular flexibility index (Phi) is 3.68. The third-order valence-electron chi connectivity index (χ3n) is 6.78. The molecule has 2 N–H and O–H groups in total. The molecular formula is C17H32N2. The summed E-state index contributed by atoms with van der Waals surface area (Å²) in [6.45, 7) is 7.11. The van der Waals surface area contributed by atoms with Crippen LogP contribution in [-0.4, -0.2) is 29.6 Å². The fourth-order valence-electron chi connectivity index (χ4n) is 5.58. The van der Waals surface area contributed by atoms with Crippen LogP contribution in [0.15, 0.2) is 0 Å². The second-order valence-electron chi connectivity index (χ2n) is 7.92. The first kappa shape index (κ1) is 13.9. The summed E-state index contributed by atoms with van der Waals surface area (Å²) in [5, 5.41) is 0. The maximum Gasteiger partial charge on any atom is 0.0385 e. The van der Waals surface area contributed by atoms with Crippen molar-refractivity contribution in [3.8, 4) is 0 Å². The van der Waals surface area contributed by atoms with Gasteiger partial charge in [-0.15, -0.1) is 0 Å². The second-order valence-corrected chi connectivity index (χ2v) is 7.92. The summed E-state index contributed by atoms with van der Waals surface area (Å²) in [7, 11) is 0. The quantitative estimate of drug-likeness (QED) is 0.844. The van der Waals surface area contributed by atoms with E-state index in [1.807, 2.05) is 0 Å². The Hall–Kier alpha value is -0.0800. The van der Waals surface area contributed by atoms with Crippen molar-refractivity contribution in [2.24, 2.45) is 17.1 Å². The van der Waals surface area contributed by atoms with Gasteiger partial charge in [0.1, 0.15) is 0 Å². The van der Waals surface area contributed by atoms with Gasteiger partial charge >= 0.3 is 0 Å². The fourth-order valence-corrected chi connectivity index (χ4v) is 5.58. The van der Waals surface area contributed by atoms with Gasteiger partial charge in [0.15, 0.2) is 0 Å². The van der Waals surface area contributed by atoms with E-state index < -0.39 is 0 Å². The topological polar surface area (TPSA) is 29.3 Å². The molecule has 0 spiro atoms. The first-order chi connectivity index (χ1) is 9.11. The van der Waals surface area contributed by atoms with E-state index in [0.717, 1.165) is 18.5 Å². The van der Waals surface area contributed by atoms with Gasteiger partial charge in [0, 0.05) is 18.1 Å². The van der Waals surface area contributed by atoms with Crippen molar-refractivity contribution in [1.29, 1.82) is 0 Å². The monoisotopic (exact) mass is 264 g/mol. The van der Waals surface area contributed by atoms with E-state index in [2.05, 4.69) is 18.7 Å². The van der Waals surface area contributed by atoms with Gasteiger partial charge in [0.05, 0.1) is 0 Å². The van der Waals surface area contributed by atoms with Crippen molar-refractivity contribution in [2.75, 3.05) is 13.1 Å². The zero-order valence-corrected chi connectivity index (χ0v) is 13.0. The summed E-state index contributed by atoms with van der Waals surface area (Å²) in [5.41, 5.74) is 7.05. The Bertz CT molecular complexity index is 319. The van der Waals surface area contributed by atoms with Crippen LogP contribution in [-0.2, 0) is 0 Å². The van der Waals surface area contributed by atoms with E-state index in [1.54, 1.807) is 0 Å². The molecular weight excluding hydrogens is 232 g/mol. The molecule has 2 aliphatic carbocycles. The predicted molar refractivity (Wildman–Crippen MR) is 81.1 cm³/mol. The summed E-state index contributed by atoms with van der Waals surface area (Å²) < 4.78 is 0. The molecule has 3 fully saturated rings. The van der Waals surface area contributed by atoms with E-state index in [0.29, 0.717) is 11.0 Å². The van der Waals surface area contributed by atoms with Crippen LogP contribution < -0.4 is 5.73 Å². The lowest BCUT2D eigenvalue weighted by molar-refractivity contribution is -0.0127. The molecule has 2 unspecified atom stereocenters. The normalized spacial score (nSPS) is 40.3. The Labute approximate surface area is 119 Å². The van der Waals surface area contributed by atoms with Gasteiger partial charge in [-0.1, -0.05) is 33.1 Å². The maximum atomic E-state index is 6.34. The van der Waals surface area contributed by atoms with Gasteiger partial charge in [-0.2, -0.15) is 0 Å². The fraction of sp³-hybridized carbons (Fsp3) is 1.00. The lowest BCUT2D eigenvalue weighted by Crippen LogP contribution is -2.62. The minimum absolute atomic E-state index is 0.302. The zero-order chi connectivity index (χ0) is 13.5. The number of hydrogen-bond donors (Lipinski definition) is 1. The molecule has 1 aliphatic heterocycles. The number of nitrogens with zero attached hydrogens (tertiary/aromatic N) is 1. The summed E-state index contributed by atoms with van der Waals surface area (Å²) >= 11 is 0. The smallest absolute Gasteiger partial charge is 0.0385 e. The molecule has 1 heterocycles. The third kappa shape index (κ3) is 2.06. The van der Waals surface area contributed by atoms with Gasteiger partial charge < -0.3 is 5.73 Å². The lowest BCUT2D eigenvalue weighted by Gasteiger charge is -2.51. The molecule has 0 aromatic rings. The lowest BCUT2D eigenvalue weighted by atomic mass is 9.72. The van der Waals surface area contributed by atoms with Gasteiger partial charge in [0.25, 0.3) is 0 Å². The molecule has 1 saturated heterocycles. The molecule has 2 atom stereocenters. The van der Waals surface area contributed by atoms with Crippen LogP contribution in [0.5, 0.6) is 0 Å². The first-order valence-corrected chi connectivity index (χ1v) is 8.58. The molecule has 2 saturated carbocycles. The van der Waals surface area contributed by atoms with Crippen LogP contribution in [0.1, 0.15) is 71.6 Å². The predicted octanol–water partition coefficient (Wildman–Crippen LogP) is 3.55. The molecule has 110 valence electrons. The largest absolute Gasteiger partial charge is 0.329 e. The number of hydrogen-bond acceptors (Lipinski definition) is 2. The van der Waals surface area contributed by atoms with Crippen LogP contribution >= 0.6 is 0 Å². The summed E-state index contributed by atoms with van der Waals surface area (Å²) in [6, 6.07) is 0.850. The maximum absolute atomic E-state index is 6.34. The van der Waals surface area contributed by atoms with Gasteiger partial charge in [-0.05, 0) is 56.4 Å². The highest BCUT2D eigenvalue weighted by atomic mass is 15.3. The second kappa shape index (κ2) is 5.04. The number of nitrogens with two attached hydrogens (primary N) is 1. The van der Waals surface area contributed by atoms with Crippen molar-refractivity contribution in [3.63, 3.8) is 0 Å². The zero-order valence-electron chi connectivity index (χ0n) is 13.0. The standard InChI is InChI=1S/C17H32N2/c1-16(2)10-6-11-17(16,13-18)19-12-5-9-15(19)14-7-3-4-8-14/h14-15H,3-13,18H2,1-2H3. The van der Waals surface area contributed by atoms with Crippen molar-refractivity contribution >= 4 is 0 Å². The highest BCUT2D eigenvalue weighted by Crippen LogP contribution is 2.52. The average molecular weight is 264 g/mol. The number of likely N-dealkylation sites (tertiary alicyclic amines) is 1. The van der Waals surface area contributed by atoms with E-state index in [-0.39, 0.29) is 0 Å². The van der Waals surface area contributed by atoms with Gasteiger partial charge in [0.2, 0.25) is 0 Å². The van der Waals surface area contributed by atoms with Crippen LogP contribution in [0.25, 0.3) is 0 Å². The summed E-state index contributed by atoms with van der Waals surface area (Å²) in [4.78, 5) is 2.90. The SMILES string of the molecule is CC1(C)CCCC1(CN)N1CCCC1C1CCCC1. The molecule has 0 aromatic carbocycles. The van der Waals surface area contributed by atoms with Crippen LogP contribution in [0.2, 0.25) is 0 Å². The highest BCUT2D eigenvalue weighted by Gasteiger charge is 2.55. The van der Waals surface area contributed by atoms with E-state index in [9.17, 15) is 0 Å². The molecule has 0 bridgehead atoms. The van der Waals surface area contributed by atoms with Gasteiger partial charge in [-0.3, -0.25) is 4.90 Å². The molecule has 2 nitrogen and oxygen atoms in total. The van der Waals surface area contributed by atoms with E-state index in [1.165, 1.54) is 64.3 Å². The highest BCUT2D eigenvalue weighted by molar-refractivity contribution is 5.10. The molecule has 19 heavy (non-hydrogen) atoms.